The van der Waals surface area contributed by atoms with Gasteiger partial charge in [-0.25, -0.2) is 0 Å². The molecule has 1 saturated heterocycles. The van der Waals surface area contributed by atoms with Crippen LogP contribution >= 0.6 is 24.4 Å². The van der Waals surface area contributed by atoms with Crippen LogP contribution in [0.15, 0.2) is 65.7 Å². The van der Waals surface area contributed by atoms with Crippen LogP contribution in [-0.4, -0.2) is 28.0 Å². The number of aliphatic imine (C=N–C) groups is 1. The lowest BCUT2D eigenvalue weighted by molar-refractivity contribution is -0.138. The van der Waals surface area contributed by atoms with E-state index in [0.717, 1.165) is 36.2 Å². The number of halogens is 6. The van der Waals surface area contributed by atoms with Gasteiger partial charge < -0.3 is 10.2 Å². The molecule has 0 aromatic heterocycles. The summed E-state index contributed by atoms with van der Waals surface area (Å²) in [6.45, 7) is 1.69. The maximum atomic E-state index is 14.0. The second-order valence-electron chi connectivity index (χ2n) is 10.6. The molecule has 2 fully saturated rings. The monoisotopic (exact) mass is 656 g/mol. The second-order valence-corrected chi connectivity index (χ2v) is 11.4. The molecular formula is C31H22F6N6S2. The number of alkyl halides is 6. The molecule has 2 aliphatic rings. The third kappa shape index (κ3) is 5.95. The van der Waals surface area contributed by atoms with Crippen LogP contribution in [0, 0.1) is 29.6 Å². The highest BCUT2D eigenvalue weighted by atomic mass is 32.1. The highest BCUT2D eigenvalue weighted by Gasteiger charge is 2.57. The summed E-state index contributed by atoms with van der Waals surface area (Å²) in [7, 11) is 0. The predicted molar refractivity (Wildman–Crippen MR) is 166 cm³/mol. The normalized spacial score (nSPS) is 16.8. The second kappa shape index (κ2) is 11.8. The van der Waals surface area contributed by atoms with E-state index in [1.54, 1.807) is 6.07 Å². The molecule has 3 aromatic carbocycles. The molecule has 6 nitrogen and oxygen atoms in total. The van der Waals surface area contributed by atoms with Crippen molar-refractivity contribution in [3.8, 4) is 12.1 Å². The number of hydrogen-bond acceptors (Lipinski definition) is 5. The van der Waals surface area contributed by atoms with E-state index in [0.29, 0.717) is 24.4 Å². The number of thiocarbonyl (C=S) groups is 2. The number of nitrogens with one attached hydrogen (secondary N) is 1. The molecule has 5 rings (SSSR count). The quantitative estimate of drug-likeness (QED) is 0.219. The molecule has 14 heteroatoms. The van der Waals surface area contributed by atoms with Crippen molar-refractivity contribution < 1.29 is 26.3 Å². The van der Waals surface area contributed by atoms with E-state index in [1.807, 2.05) is 36.1 Å². The van der Waals surface area contributed by atoms with Crippen molar-refractivity contribution in [3.63, 3.8) is 0 Å². The molecule has 1 saturated carbocycles. The van der Waals surface area contributed by atoms with Crippen molar-refractivity contribution in [3.05, 3.63) is 88.5 Å². The lowest BCUT2D eigenvalue weighted by Gasteiger charge is -2.45. The molecular weight excluding hydrogens is 635 g/mol. The first-order valence-electron chi connectivity index (χ1n) is 13.5. The number of hydrogen-bond donors (Lipinski definition) is 1. The molecule has 45 heavy (non-hydrogen) atoms. The van der Waals surface area contributed by atoms with Gasteiger partial charge in [-0.2, -0.15) is 36.9 Å². The maximum absolute atomic E-state index is 14.0. The number of rotatable bonds is 5. The predicted octanol–water partition coefficient (Wildman–Crippen LogP) is 8.15. The molecule has 0 amide bonds. The summed E-state index contributed by atoms with van der Waals surface area (Å²) in [6.07, 6.45) is -7.65. The van der Waals surface area contributed by atoms with Crippen LogP contribution in [0.2, 0.25) is 0 Å². The van der Waals surface area contributed by atoms with Gasteiger partial charge in [-0.1, -0.05) is 29.9 Å². The molecule has 3 aromatic rings. The average molecular weight is 657 g/mol. The van der Waals surface area contributed by atoms with E-state index in [9.17, 15) is 31.6 Å². The van der Waals surface area contributed by atoms with Crippen molar-refractivity contribution in [1.82, 2.24) is 0 Å². The average Bonchev–Trinajstić information content (AvgIpc) is 3.23. The summed E-state index contributed by atoms with van der Waals surface area (Å²) in [5.74, 6) is 0.331. The fraction of sp³-hybridized carbons (Fsp3) is 0.258. The molecule has 230 valence electrons. The summed E-state index contributed by atoms with van der Waals surface area (Å²) < 4.78 is 82.3. The van der Waals surface area contributed by atoms with Gasteiger partial charge in [-0.15, -0.1) is 0 Å². The van der Waals surface area contributed by atoms with E-state index >= 15 is 0 Å². The SMILES string of the molecule is Cc1ccc(N2C(=S)N(c3ccc(C#N)c(C(F)(F)F)c3)C(=NCC(=S)Nc3ccc(C#N)c(C(F)(F)F)c3)C23CCC3)cc1. The van der Waals surface area contributed by atoms with Crippen LogP contribution in [-0.2, 0) is 12.4 Å². The standard InChI is InChI=1S/C31H22F6N6S2/c1-18-3-8-22(9-4-18)43-28(45)42(23-10-6-20(16-39)25(14-23)31(35,36)37)27(29(43)11-2-12-29)40-17-26(44)41-21-7-5-19(15-38)24(13-21)30(32,33)34/h3-10,13-14H,2,11-12,17H2,1H3,(H,41,44). The molecule has 1 aliphatic heterocycles. The smallest absolute Gasteiger partial charge is 0.348 e. The van der Waals surface area contributed by atoms with Gasteiger partial charge in [0.15, 0.2) is 5.11 Å². The van der Waals surface area contributed by atoms with Crippen molar-refractivity contribution in [2.45, 2.75) is 44.1 Å². The van der Waals surface area contributed by atoms with Crippen molar-refractivity contribution in [2.75, 3.05) is 21.7 Å². The van der Waals surface area contributed by atoms with E-state index in [2.05, 4.69) is 5.32 Å². The van der Waals surface area contributed by atoms with Crippen LogP contribution in [0.5, 0.6) is 0 Å². The van der Waals surface area contributed by atoms with Gasteiger partial charge in [-0.05, 0) is 86.9 Å². The zero-order valence-electron chi connectivity index (χ0n) is 23.4. The number of nitriles is 2. The first-order chi connectivity index (χ1) is 21.2. The Hall–Kier alpha value is -4.53. The molecule has 1 heterocycles. The first kappa shape index (κ1) is 31.9. The lowest BCUT2D eigenvalue weighted by atomic mass is 9.74. The summed E-state index contributed by atoms with van der Waals surface area (Å²) in [6, 6.07) is 17.0. The van der Waals surface area contributed by atoms with Gasteiger partial charge in [0.25, 0.3) is 0 Å². The van der Waals surface area contributed by atoms with Crippen molar-refractivity contribution >= 4 is 57.4 Å². The zero-order chi connectivity index (χ0) is 32.7. The highest BCUT2D eigenvalue weighted by molar-refractivity contribution is 7.81. The van der Waals surface area contributed by atoms with Gasteiger partial charge in [0, 0.05) is 11.4 Å². The minimum atomic E-state index is -4.81. The number of aryl methyl sites for hydroxylation is 1. The van der Waals surface area contributed by atoms with Gasteiger partial charge >= 0.3 is 12.4 Å². The van der Waals surface area contributed by atoms with Crippen LogP contribution in [0.25, 0.3) is 0 Å². The largest absolute Gasteiger partial charge is 0.417 e. The summed E-state index contributed by atoms with van der Waals surface area (Å²) >= 11 is 11.3. The van der Waals surface area contributed by atoms with Gasteiger partial charge in [0.1, 0.15) is 16.4 Å². The van der Waals surface area contributed by atoms with Crippen LogP contribution in [0.4, 0.5) is 43.4 Å². The number of amidine groups is 1. The maximum Gasteiger partial charge on any atom is 0.417 e. The summed E-state index contributed by atoms with van der Waals surface area (Å²) in [5, 5.41) is 21.3. The van der Waals surface area contributed by atoms with E-state index < -0.39 is 40.1 Å². The molecule has 1 N–H and O–H groups in total. The molecule has 1 spiro atoms. The van der Waals surface area contributed by atoms with Gasteiger partial charge in [-0.3, -0.25) is 9.89 Å². The van der Waals surface area contributed by atoms with E-state index in [1.165, 1.54) is 23.1 Å². The minimum absolute atomic E-state index is 0.00752. The molecule has 0 bridgehead atoms. The van der Waals surface area contributed by atoms with Crippen LogP contribution in [0.1, 0.15) is 47.1 Å². The van der Waals surface area contributed by atoms with Crippen LogP contribution in [0.3, 0.4) is 0 Å². The Balaban J connectivity index is 1.56. The first-order valence-corrected chi connectivity index (χ1v) is 14.3. The Bertz CT molecular complexity index is 1800. The van der Waals surface area contributed by atoms with Crippen molar-refractivity contribution in [1.29, 1.82) is 10.5 Å². The van der Waals surface area contributed by atoms with E-state index in [-0.39, 0.29) is 28.0 Å². The fourth-order valence-electron chi connectivity index (χ4n) is 5.45. The zero-order valence-corrected chi connectivity index (χ0v) is 25.1. The Morgan fingerprint density at radius 2 is 1.44 bits per heavy atom. The molecule has 0 atom stereocenters. The Morgan fingerprint density at radius 1 is 0.889 bits per heavy atom. The Morgan fingerprint density at radius 3 is 1.98 bits per heavy atom. The Kier molecular flexibility index (Phi) is 8.33. The van der Waals surface area contributed by atoms with Crippen LogP contribution < -0.4 is 15.1 Å². The summed E-state index contributed by atoms with van der Waals surface area (Å²) in [4.78, 5) is 8.06. The lowest BCUT2D eigenvalue weighted by Crippen LogP contribution is -2.55. The molecule has 0 unspecified atom stereocenters. The van der Waals surface area contributed by atoms with Gasteiger partial charge in [0.05, 0.1) is 46.6 Å². The third-order valence-electron chi connectivity index (χ3n) is 7.70. The van der Waals surface area contributed by atoms with Gasteiger partial charge in [0.2, 0.25) is 0 Å². The Labute approximate surface area is 265 Å². The van der Waals surface area contributed by atoms with E-state index in [4.69, 9.17) is 34.7 Å². The number of anilines is 3. The molecule has 1 aliphatic carbocycles. The third-order valence-corrected chi connectivity index (χ3v) is 8.30. The fourth-order valence-corrected chi connectivity index (χ4v) is 6.10. The topological polar surface area (TPSA) is 78.4 Å². The molecule has 0 radical (unpaired) electrons. The number of benzene rings is 3. The summed E-state index contributed by atoms with van der Waals surface area (Å²) in [5.41, 5.74) is -2.41. The number of nitrogens with zero attached hydrogens (tertiary/aromatic N) is 5. The van der Waals surface area contributed by atoms with Crippen molar-refractivity contribution in [2.24, 2.45) is 4.99 Å². The minimum Gasteiger partial charge on any atom is -0.348 e. The highest BCUT2D eigenvalue weighted by Crippen LogP contribution is 2.49.